The second-order valence-electron chi connectivity index (χ2n) is 9.50. The van der Waals surface area contributed by atoms with Crippen molar-refractivity contribution in [3.05, 3.63) is 59.0 Å². The molecule has 1 saturated heterocycles. The number of ether oxygens (including phenoxy) is 1. The molecule has 0 saturated carbocycles. The number of nitrogen functional groups attached to an aromatic ring is 1. The zero-order valence-electron chi connectivity index (χ0n) is 20.2. The first-order valence-corrected chi connectivity index (χ1v) is 11.2. The van der Waals surface area contributed by atoms with Crippen LogP contribution in [0.5, 0.6) is 0 Å². The highest BCUT2D eigenvalue weighted by atomic mass is 19.1. The normalized spacial score (nSPS) is 14.3. The van der Waals surface area contributed by atoms with E-state index < -0.39 is 23.2 Å². The molecule has 0 radical (unpaired) electrons. The van der Waals surface area contributed by atoms with Gasteiger partial charge in [-0.05, 0) is 57.0 Å². The Balaban J connectivity index is 1.70. The van der Waals surface area contributed by atoms with Crippen LogP contribution in [0.2, 0.25) is 0 Å². The largest absolute Gasteiger partial charge is 0.378 e. The number of aromatic nitrogens is 3. The zero-order chi connectivity index (χ0) is 25.5. The topological polar surface area (TPSA) is 114 Å². The van der Waals surface area contributed by atoms with Gasteiger partial charge in [-0.2, -0.15) is 9.49 Å². The smallest absolute Gasteiger partial charge is 0.262 e. The number of anilines is 2. The molecule has 186 valence electrons. The summed E-state index contributed by atoms with van der Waals surface area (Å²) in [6, 6.07) is 4.59. The summed E-state index contributed by atoms with van der Waals surface area (Å²) in [5.74, 6) is 3.81. The number of halogens is 2. The monoisotopic (exact) mass is 485 g/mol. The predicted molar refractivity (Wildman–Crippen MR) is 129 cm³/mol. The van der Waals surface area contributed by atoms with E-state index in [1.54, 1.807) is 33.9 Å². The Morgan fingerprint density at radius 3 is 2.51 bits per heavy atom. The first-order valence-electron chi connectivity index (χ1n) is 11.2. The van der Waals surface area contributed by atoms with Crippen LogP contribution in [0.4, 0.5) is 20.2 Å². The quantitative estimate of drug-likeness (QED) is 0.492. The lowest BCUT2D eigenvalue weighted by atomic mass is 10.00. The number of amides is 1. The van der Waals surface area contributed by atoms with E-state index in [1.807, 2.05) is 11.0 Å². The van der Waals surface area contributed by atoms with Crippen molar-refractivity contribution >= 4 is 17.3 Å². The Morgan fingerprint density at radius 2 is 1.89 bits per heavy atom. The predicted octanol–water partition coefficient (Wildman–Crippen LogP) is 2.98. The first kappa shape index (κ1) is 24.4. The van der Waals surface area contributed by atoms with E-state index in [1.165, 1.54) is 16.8 Å². The summed E-state index contributed by atoms with van der Waals surface area (Å²) in [6.45, 7) is 9.33. The number of aryl methyl sites for hydroxylation is 1. The summed E-state index contributed by atoms with van der Waals surface area (Å²) < 4.78 is 37.3. The van der Waals surface area contributed by atoms with Gasteiger partial charge >= 0.3 is 0 Å². The van der Waals surface area contributed by atoms with Crippen LogP contribution < -0.4 is 21.5 Å². The first-order chi connectivity index (χ1) is 16.5. The van der Waals surface area contributed by atoms with Crippen LogP contribution in [0.1, 0.15) is 36.7 Å². The number of nitrogens with one attached hydrogen (secondary N) is 2. The molecule has 3 heterocycles. The van der Waals surface area contributed by atoms with Crippen molar-refractivity contribution in [2.75, 3.05) is 42.4 Å². The molecule has 1 aliphatic heterocycles. The third-order valence-corrected chi connectivity index (χ3v) is 5.89. The van der Waals surface area contributed by atoms with E-state index in [2.05, 4.69) is 10.4 Å². The maximum Gasteiger partial charge on any atom is 0.262 e. The van der Waals surface area contributed by atoms with Crippen LogP contribution in [0, 0.1) is 24.1 Å². The van der Waals surface area contributed by atoms with E-state index in [4.69, 9.17) is 16.0 Å². The summed E-state index contributed by atoms with van der Waals surface area (Å²) in [4.78, 5) is 14.8. The van der Waals surface area contributed by atoms with Gasteiger partial charge in [-0.15, -0.1) is 0 Å². The van der Waals surface area contributed by atoms with Gasteiger partial charge in [0.1, 0.15) is 11.4 Å². The second kappa shape index (κ2) is 9.14. The summed E-state index contributed by atoms with van der Waals surface area (Å²) in [5.41, 5.74) is 1.57. The lowest BCUT2D eigenvalue weighted by Gasteiger charge is -2.29. The fourth-order valence-corrected chi connectivity index (χ4v) is 4.01. The van der Waals surface area contributed by atoms with E-state index in [0.717, 1.165) is 10.9 Å². The number of pyridine rings is 1. The van der Waals surface area contributed by atoms with Gasteiger partial charge in [0.25, 0.3) is 5.91 Å². The molecule has 0 atom stereocenters. The number of nitrogens with two attached hydrogens (primary N) is 1. The Labute approximate surface area is 201 Å². The van der Waals surface area contributed by atoms with Gasteiger partial charge in [-0.25, -0.2) is 9.07 Å². The van der Waals surface area contributed by atoms with Gasteiger partial charge in [-0.3, -0.25) is 14.9 Å². The maximum atomic E-state index is 14.8. The highest BCUT2D eigenvalue weighted by Crippen LogP contribution is 2.31. The van der Waals surface area contributed by atoms with Crippen LogP contribution in [-0.4, -0.2) is 46.7 Å². The van der Waals surface area contributed by atoms with Crippen LogP contribution in [0.3, 0.4) is 0 Å². The average molecular weight is 486 g/mol. The minimum atomic E-state index is -0.809. The lowest BCUT2D eigenvalue weighted by Crippen LogP contribution is -2.41. The van der Waals surface area contributed by atoms with Crippen molar-refractivity contribution in [3.63, 3.8) is 0 Å². The summed E-state index contributed by atoms with van der Waals surface area (Å²) >= 11 is 0. The lowest BCUT2D eigenvalue weighted by molar-refractivity contribution is 0.102. The van der Waals surface area contributed by atoms with E-state index >= 15 is 0 Å². The number of carbonyl (C=O) groups excluding carboxylic acids is 1. The Morgan fingerprint density at radius 1 is 1.20 bits per heavy atom. The van der Waals surface area contributed by atoms with Crippen molar-refractivity contribution in [2.45, 2.75) is 33.2 Å². The molecule has 4 N–H and O–H groups in total. The Bertz CT molecular complexity index is 1330. The highest BCUT2D eigenvalue weighted by molar-refractivity contribution is 6.04. The number of hydrogen-bond donors (Lipinski definition) is 3. The number of rotatable bonds is 4. The average Bonchev–Trinajstić information content (AvgIpc) is 3.20. The minimum Gasteiger partial charge on any atom is -0.378 e. The SMILES string of the molecule is Cc1cc(F)c(NC(=O)c2cnn(C(C)(C)C)c2F)cc1-c1cc(N2CCOCC2)c(=N)n(N)c1. The van der Waals surface area contributed by atoms with Crippen molar-refractivity contribution in [2.24, 2.45) is 0 Å². The molecule has 0 bridgehead atoms. The molecular weight excluding hydrogens is 456 g/mol. The van der Waals surface area contributed by atoms with Gasteiger partial charge in [-0.1, -0.05) is 0 Å². The van der Waals surface area contributed by atoms with Gasteiger partial charge in [0.2, 0.25) is 5.95 Å². The standard InChI is InChI=1S/C24H29F2N7O2/c1-14-9-18(25)19(30-23(34)17-12-29-33(21(17)26)24(2,3)4)11-16(14)15-10-20(22(27)32(28)13-15)31-5-7-35-8-6-31/h9-13,27H,5-8,28H2,1-4H3,(H,30,34). The van der Waals surface area contributed by atoms with Crippen molar-refractivity contribution in [3.8, 4) is 11.1 Å². The Hall–Kier alpha value is -3.73. The third-order valence-electron chi connectivity index (χ3n) is 5.89. The third kappa shape index (κ3) is 4.76. The number of morpholine rings is 1. The molecule has 35 heavy (non-hydrogen) atoms. The number of hydrogen-bond acceptors (Lipinski definition) is 6. The van der Waals surface area contributed by atoms with Crippen molar-refractivity contribution < 1.29 is 18.3 Å². The summed E-state index contributed by atoms with van der Waals surface area (Å²) in [6.07, 6.45) is 2.70. The maximum absolute atomic E-state index is 14.8. The minimum absolute atomic E-state index is 0.107. The molecule has 1 aliphatic rings. The molecule has 4 rings (SSSR count). The van der Waals surface area contributed by atoms with E-state index in [-0.39, 0.29) is 16.7 Å². The van der Waals surface area contributed by atoms with Gasteiger partial charge in [0.05, 0.1) is 36.3 Å². The van der Waals surface area contributed by atoms with Gasteiger partial charge in [0, 0.05) is 24.8 Å². The molecule has 0 unspecified atom stereocenters. The molecule has 1 fully saturated rings. The molecule has 11 heteroatoms. The number of carbonyl (C=O) groups is 1. The van der Waals surface area contributed by atoms with E-state index in [0.29, 0.717) is 48.7 Å². The molecule has 3 aromatic rings. The second-order valence-corrected chi connectivity index (χ2v) is 9.50. The van der Waals surface area contributed by atoms with E-state index in [9.17, 15) is 13.6 Å². The zero-order valence-corrected chi connectivity index (χ0v) is 20.2. The van der Waals surface area contributed by atoms with Crippen LogP contribution in [0.15, 0.2) is 30.6 Å². The molecule has 1 amide bonds. The Kier molecular flexibility index (Phi) is 6.37. The molecular formula is C24H29F2N7O2. The summed E-state index contributed by atoms with van der Waals surface area (Å²) in [7, 11) is 0. The van der Waals surface area contributed by atoms with Gasteiger partial charge in [0.15, 0.2) is 5.49 Å². The fraction of sp³-hybridized carbons (Fsp3) is 0.375. The van der Waals surface area contributed by atoms with Crippen LogP contribution in [-0.2, 0) is 10.3 Å². The van der Waals surface area contributed by atoms with Crippen LogP contribution >= 0.6 is 0 Å². The fourth-order valence-electron chi connectivity index (χ4n) is 4.01. The van der Waals surface area contributed by atoms with Crippen molar-refractivity contribution in [1.29, 1.82) is 5.41 Å². The molecule has 1 aromatic carbocycles. The number of benzene rings is 1. The highest BCUT2D eigenvalue weighted by Gasteiger charge is 2.25. The molecule has 9 nitrogen and oxygen atoms in total. The molecule has 0 spiro atoms. The molecule has 2 aromatic heterocycles. The van der Waals surface area contributed by atoms with Crippen LogP contribution in [0.25, 0.3) is 11.1 Å². The number of nitrogens with zero attached hydrogens (tertiary/aromatic N) is 4. The van der Waals surface area contributed by atoms with Crippen molar-refractivity contribution in [1.82, 2.24) is 14.5 Å². The molecule has 0 aliphatic carbocycles. The summed E-state index contributed by atoms with van der Waals surface area (Å²) in [5, 5.41) is 14.8. The van der Waals surface area contributed by atoms with Gasteiger partial charge < -0.3 is 20.8 Å².